The topological polar surface area (TPSA) is 75.3 Å². The number of halogens is 2. The summed E-state index contributed by atoms with van der Waals surface area (Å²) in [4.78, 5) is 11.8. The first-order valence-corrected chi connectivity index (χ1v) is 6.61. The molecule has 0 aliphatic carbocycles. The van der Waals surface area contributed by atoms with Gasteiger partial charge in [0.15, 0.2) is 5.82 Å². The van der Waals surface area contributed by atoms with Gasteiger partial charge in [-0.2, -0.15) is 0 Å². The van der Waals surface area contributed by atoms with Gasteiger partial charge in [0.2, 0.25) is 0 Å². The van der Waals surface area contributed by atoms with Crippen LogP contribution in [0.5, 0.6) is 0 Å². The van der Waals surface area contributed by atoms with Crippen molar-refractivity contribution in [3.05, 3.63) is 29.3 Å². The number of amides is 1. The van der Waals surface area contributed by atoms with Crippen LogP contribution >= 0.6 is 0 Å². The van der Waals surface area contributed by atoms with Crippen LogP contribution in [0.15, 0.2) is 12.1 Å². The first kappa shape index (κ1) is 16.4. The van der Waals surface area contributed by atoms with E-state index in [2.05, 4.69) is 5.32 Å². The maximum absolute atomic E-state index is 13.6. The molecule has 20 heavy (non-hydrogen) atoms. The van der Waals surface area contributed by atoms with Crippen molar-refractivity contribution in [2.24, 2.45) is 5.92 Å². The van der Waals surface area contributed by atoms with Crippen molar-refractivity contribution in [1.82, 2.24) is 5.32 Å². The fraction of sp³-hybridized carbons (Fsp3) is 0.500. The molecule has 0 radical (unpaired) electrons. The van der Waals surface area contributed by atoms with Crippen molar-refractivity contribution in [2.45, 2.75) is 32.8 Å². The smallest absolute Gasteiger partial charge is 0.254 e. The zero-order valence-corrected chi connectivity index (χ0v) is 11.6. The molecule has 0 bridgehead atoms. The van der Waals surface area contributed by atoms with E-state index in [1.165, 1.54) is 0 Å². The first-order chi connectivity index (χ1) is 9.40. The molecule has 112 valence electrons. The highest BCUT2D eigenvalue weighted by molar-refractivity contribution is 5.95. The minimum absolute atomic E-state index is 0.0129. The molecule has 0 saturated carbocycles. The van der Waals surface area contributed by atoms with E-state index in [0.29, 0.717) is 0 Å². The summed E-state index contributed by atoms with van der Waals surface area (Å²) in [5, 5.41) is 12.3. The highest BCUT2D eigenvalue weighted by Crippen LogP contribution is 2.17. The quantitative estimate of drug-likeness (QED) is 0.701. The Morgan fingerprint density at radius 1 is 1.35 bits per heavy atom. The third kappa shape index (κ3) is 3.90. The Hall–Kier alpha value is -1.69. The number of benzene rings is 1. The minimum atomic E-state index is -0.957. The molecule has 0 aliphatic heterocycles. The zero-order valence-electron chi connectivity index (χ0n) is 11.6. The van der Waals surface area contributed by atoms with E-state index in [4.69, 9.17) is 5.73 Å². The fourth-order valence-corrected chi connectivity index (χ4v) is 2.07. The van der Waals surface area contributed by atoms with Gasteiger partial charge in [-0.3, -0.25) is 4.79 Å². The molecular weight excluding hydrogens is 266 g/mol. The first-order valence-electron chi connectivity index (χ1n) is 6.61. The van der Waals surface area contributed by atoms with Crippen molar-refractivity contribution in [3.8, 4) is 0 Å². The molecule has 4 N–H and O–H groups in total. The molecule has 0 fully saturated rings. The van der Waals surface area contributed by atoms with Crippen LogP contribution < -0.4 is 11.1 Å². The Bertz CT molecular complexity index is 476. The number of aliphatic hydroxyl groups is 1. The summed E-state index contributed by atoms with van der Waals surface area (Å²) in [6.45, 7) is 3.86. The lowest BCUT2D eigenvalue weighted by molar-refractivity contribution is 0.0813. The number of rotatable bonds is 6. The number of carbonyl (C=O) groups excluding carboxylic acids is 1. The van der Waals surface area contributed by atoms with Gasteiger partial charge in [0.25, 0.3) is 5.91 Å². The Morgan fingerprint density at radius 3 is 2.50 bits per heavy atom. The van der Waals surface area contributed by atoms with E-state index in [0.717, 1.165) is 25.0 Å². The second kappa shape index (κ2) is 7.19. The highest BCUT2D eigenvalue weighted by atomic mass is 19.1. The minimum Gasteiger partial charge on any atom is -0.396 e. The third-order valence-electron chi connectivity index (χ3n) is 3.37. The number of nitrogen functional groups attached to an aromatic ring is 1. The lowest BCUT2D eigenvalue weighted by Gasteiger charge is -2.20. The molecule has 1 aromatic carbocycles. The SMILES string of the molecule is CCC(CC)C(O)CNC(=O)c1cc(F)cc(N)c1F. The summed E-state index contributed by atoms with van der Waals surface area (Å²) < 4.78 is 26.8. The van der Waals surface area contributed by atoms with Gasteiger partial charge in [-0.25, -0.2) is 8.78 Å². The average Bonchev–Trinajstić information content (AvgIpc) is 2.41. The number of aliphatic hydroxyl groups excluding tert-OH is 1. The predicted molar refractivity (Wildman–Crippen MR) is 73.2 cm³/mol. The van der Waals surface area contributed by atoms with Crippen LogP contribution in [-0.2, 0) is 0 Å². The molecule has 4 nitrogen and oxygen atoms in total. The second-order valence-electron chi connectivity index (χ2n) is 4.71. The van der Waals surface area contributed by atoms with E-state index < -0.39 is 34.9 Å². The lowest BCUT2D eigenvalue weighted by atomic mass is 9.96. The van der Waals surface area contributed by atoms with Crippen LogP contribution in [0.1, 0.15) is 37.0 Å². The molecule has 6 heteroatoms. The monoisotopic (exact) mass is 286 g/mol. The Labute approximate surface area is 117 Å². The molecule has 1 aromatic rings. The normalized spacial score (nSPS) is 12.5. The van der Waals surface area contributed by atoms with Gasteiger partial charge < -0.3 is 16.2 Å². The van der Waals surface area contributed by atoms with Gasteiger partial charge in [0.05, 0.1) is 17.4 Å². The number of carbonyl (C=O) groups is 1. The van der Waals surface area contributed by atoms with Gasteiger partial charge in [0.1, 0.15) is 5.82 Å². The molecule has 0 saturated heterocycles. The summed E-state index contributed by atoms with van der Waals surface area (Å²) in [6, 6.07) is 1.59. The summed E-state index contributed by atoms with van der Waals surface area (Å²) >= 11 is 0. The van der Waals surface area contributed by atoms with Crippen molar-refractivity contribution in [3.63, 3.8) is 0 Å². The maximum atomic E-state index is 13.6. The molecule has 0 aliphatic rings. The van der Waals surface area contributed by atoms with Crippen LogP contribution in [0.3, 0.4) is 0 Å². The summed E-state index contributed by atoms with van der Waals surface area (Å²) in [5.74, 6) is -2.48. The predicted octanol–water partition coefficient (Wildman–Crippen LogP) is 2.07. The van der Waals surface area contributed by atoms with Gasteiger partial charge in [-0.1, -0.05) is 26.7 Å². The van der Waals surface area contributed by atoms with E-state index >= 15 is 0 Å². The second-order valence-corrected chi connectivity index (χ2v) is 4.71. The van der Waals surface area contributed by atoms with Crippen LogP contribution in [0.2, 0.25) is 0 Å². The summed E-state index contributed by atoms with van der Waals surface area (Å²) in [5.41, 5.74) is 4.38. The lowest BCUT2D eigenvalue weighted by Crippen LogP contribution is -2.36. The largest absolute Gasteiger partial charge is 0.396 e. The van der Waals surface area contributed by atoms with Crippen LogP contribution in [0.4, 0.5) is 14.5 Å². The molecule has 1 rings (SSSR count). The average molecular weight is 286 g/mol. The van der Waals surface area contributed by atoms with Gasteiger partial charge in [-0.15, -0.1) is 0 Å². The molecule has 1 amide bonds. The molecule has 1 unspecified atom stereocenters. The number of anilines is 1. The van der Waals surface area contributed by atoms with Gasteiger partial charge >= 0.3 is 0 Å². The van der Waals surface area contributed by atoms with Crippen molar-refractivity contribution < 1.29 is 18.7 Å². The van der Waals surface area contributed by atoms with E-state index in [9.17, 15) is 18.7 Å². The summed E-state index contributed by atoms with van der Waals surface area (Å²) in [6.07, 6.45) is 0.826. The van der Waals surface area contributed by atoms with Crippen molar-refractivity contribution in [1.29, 1.82) is 0 Å². The maximum Gasteiger partial charge on any atom is 0.254 e. The highest BCUT2D eigenvalue weighted by Gasteiger charge is 2.19. The number of hydrogen-bond donors (Lipinski definition) is 3. The van der Waals surface area contributed by atoms with Crippen LogP contribution in [-0.4, -0.2) is 23.7 Å². The molecule has 0 aromatic heterocycles. The summed E-state index contributed by atoms with van der Waals surface area (Å²) in [7, 11) is 0. The van der Waals surface area contributed by atoms with E-state index in [1.54, 1.807) is 0 Å². The van der Waals surface area contributed by atoms with Gasteiger partial charge in [0, 0.05) is 6.54 Å². The number of hydrogen-bond acceptors (Lipinski definition) is 3. The number of nitrogens with one attached hydrogen (secondary N) is 1. The molecular formula is C14H20F2N2O2. The van der Waals surface area contributed by atoms with E-state index in [1.807, 2.05) is 13.8 Å². The third-order valence-corrected chi connectivity index (χ3v) is 3.37. The van der Waals surface area contributed by atoms with Crippen LogP contribution in [0.25, 0.3) is 0 Å². The zero-order chi connectivity index (χ0) is 15.3. The van der Waals surface area contributed by atoms with Gasteiger partial charge in [-0.05, 0) is 18.1 Å². The Balaban J connectivity index is 2.73. The fourth-order valence-electron chi connectivity index (χ4n) is 2.07. The van der Waals surface area contributed by atoms with E-state index in [-0.39, 0.29) is 12.5 Å². The Morgan fingerprint density at radius 2 is 1.95 bits per heavy atom. The van der Waals surface area contributed by atoms with Crippen molar-refractivity contribution in [2.75, 3.05) is 12.3 Å². The van der Waals surface area contributed by atoms with Crippen LogP contribution in [0, 0.1) is 17.6 Å². The number of nitrogens with two attached hydrogens (primary N) is 1. The molecule has 0 spiro atoms. The Kier molecular flexibility index (Phi) is 5.88. The standard InChI is InChI=1S/C14H20F2N2O2/c1-3-8(4-2)12(19)7-18-14(20)10-5-9(15)6-11(17)13(10)16/h5-6,8,12,19H,3-4,7,17H2,1-2H3,(H,18,20). The van der Waals surface area contributed by atoms with Crippen molar-refractivity contribution >= 4 is 11.6 Å². The molecule has 0 heterocycles. The molecule has 1 atom stereocenters.